The molecule has 1 aromatic carbocycles. The fraction of sp³-hybridized carbons (Fsp3) is 0.650. The summed E-state index contributed by atoms with van der Waals surface area (Å²) < 4.78 is 11.4. The summed E-state index contributed by atoms with van der Waals surface area (Å²) in [6.07, 6.45) is 5.04. The van der Waals surface area contributed by atoms with Crippen LogP contribution >= 0.6 is 24.0 Å². The molecule has 0 unspecified atom stereocenters. The van der Waals surface area contributed by atoms with Crippen molar-refractivity contribution < 1.29 is 9.47 Å². The summed E-state index contributed by atoms with van der Waals surface area (Å²) in [5, 5.41) is 6.76. The van der Waals surface area contributed by atoms with Gasteiger partial charge in [-0.05, 0) is 49.7 Å². The van der Waals surface area contributed by atoms with Gasteiger partial charge in [0.2, 0.25) is 0 Å². The molecule has 1 heterocycles. The predicted molar refractivity (Wildman–Crippen MR) is 116 cm³/mol. The molecule has 1 saturated carbocycles. The van der Waals surface area contributed by atoms with Gasteiger partial charge in [-0.3, -0.25) is 0 Å². The Labute approximate surface area is 174 Å². The summed E-state index contributed by atoms with van der Waals surface area (Å²) in [7, 11) is 0. The Hall–Kier alpha value is -0.860. The molecular weight excluding hydrogens is 441 g/mol. The summed E-state index contributed by atoms with van der Waals surface area (Å²) in [6.45, 7) is 7.01. The lowest BCUT2D eigenvalue weighted by atomic mass is 10.1. The van der Waals surface area contributed by atoms with E-state index in [0.29, 0.717) is 19.3 Å². The molecule has 2 N–H and O–H groups in total. The minimum Gasteiger partial charge on any atom is -0.381 e. The second-order valence-corrected chi connectivity index (χ2v) is 6.96. The standard InChI is InChI=1S/C20H31N3O2.HI/c1-2-21-20(22-13-16-6-7-16)23-14-17-4-3-5-18(12-17)15-25-19-8-10-24-11-9-19;/h3-5,12,16,19H,2,6-11,13-15H2,1H3,(H2,21,22,23);1H. The second-order valence-electron chi connectivity index (χ2n) is 6.96. The first-order valence-corrected chi connectivity index (χ1v) is 9.63. The Morgan fingerprint density at radius 2 is 1.92 bits per heavy atom. The van der Waals surface area contributed by atoms with E-state index in [-0.39, 0.29) is 24.0 Å². The average molecular weight is 473 g/mol. The van der Waals surface area contributed by atoms with Crippen molar-refractivity contribution in [3.63, 3.8) is 0 Å². The molecule has 3 rings (SSSR count). The third-order valence-electron chi connectivity index (χ3n) is 4.66. The molecule has 0 bridgehead atoms. The maximum atomic E-state index is 6.02. The zero-order valence-electron chi connectivity index (χ0n) is 15.7. The molecule has 5 nitrogen and oxygen atoms in total. The van der Waals surface area contributed by atoms with E-state index in [1.165, 1.54) is 24.0 Å². The van der Waals surface area contributed by atoms with Crippen LogP contribution in [0.1, 0.15) is 43.7 Å². The average Bonchev–Trinajstić information content (AvgIpc) is 3.48. The Kier molecular flexibility index (Phi) is 9.71. The van der Waals surface area contributed by atoms with Gasteiger partial charge in [-0.1, -0.05) is 24.3 Å². The van der Waals surface area contributed by atoms with E-state index in [9.17, 15) is 0 Å². The van der Waals surface area contributed by atoms with Crippen LogP contribution in [0.4, 0.5) is 0 Å². The zero-order chi connectivity index (χ0) is 17.3. The number of nitrogens with one attached hydrogen (secondary N) is 2. The topological polar surface area (TPSA) is 54.9 Å². The van der Waals surface area contributed by atoms with Gasteiger partial charge in [-0.2, -0.15) is 0 Å². The van der Waals surface area contributed by atoms with Gasteiger partial charge in [-0.25, -0.2) is 4.99 Å². The van der Waals surface area contributed by atoms with Crippen molar-refractivity contribution in [2.75, 3.05) is 26.3 Å². The fourth-order valence-electron chi connectivity index (χ4n) is 2.95. The monoisotopic (exact) mass is 473 g/mol. The van der Waals surface area contributed by atoms with Crippen LogP contribution in [-0.2, 0) is 22.6 Å². The van der Waals surface area contributed by atoms with E-state index in [4.69, 9.17) is 14.5 Å². The molecule has 1 aliphatic carbocycles. The molecule has 2 aliphatic rings. The van der Waals surface area contributed by atoms with Crippen molar-refractivity contribution in [3.05, 3.63) is 35.4 Å². The molecule has 26 heavy (non-hydrogen) atoms. The van der Waals surface area contributed by atoms with Crippen LogP contribution < -0.4 is 10.6 Å². The lowest BCUT2D eigenvalue weighted by Crippen LogP contribution is -2.38. The van der Waals surface area contributed by atoms with Gasteiger partial charge in [0.25, 0.3) is 0 Å². The SMILES string of the molecule is CCNC(=NCc1cccc(COC2CCOCC2)c1)NCC1CC1.I. The van der Waals surface area contributed by atoms with Crippen LogP contribution in [0.25, 0.3) is 0 Å². The van der Waals surface area contributed by atoms with Gasteiger partial charge in [-0.15, -0.1) is 24.0 Å². The number of guanidine groups is 1. The van der Waals surface area contributed by atoms with E-state index in [2.05, 4.69) is 41.8 Å². The van der Waals surface area contributed by atoms with Crippen LogP contribution in [0.15, 0.2) is 29.3 Å². The number of benzene rings is 1. The molecule has 6 heteroatoms. The molecule has 0 amide bonds. The van der Waals surface area contributed by atoms with Gasteiger partial charge in [0.15, 0.2) is 5.96 Å². The van der Waals surface area contributed by atoms with Crippen LogP contribution in [0.5, 0.6) is 0 Å². The first-order valence-electron chi connectivity index (χ1n) is 9.63. The van der Waals surface area contributed by atoms with E-state index >= 15 is 0 Å². The van der Waals surface area contributed by atoms with Gasteiger partial charge < -0.3 is 20.1 Å². The molecule has 1 saturated heterocycles. The van der Waals surface area contributed by atoms with Gasteiger partial charge in [0.1, 0.15) is 0 Å². The number of ether oxygens (including phenoxy) is 2. The zero-order valence-corrected chi connectivity index (χ0v) is 18.0. The number of hydrogen-bond donors (Lipinski definition) is 2. The first-order chi connectivity index (χ1) is 12.3. The smallest absolute Gasteiger partial charge is 0.191 e. The predicted octanol–water partition coefficient (Wildman–Crippen LogP) is 3.47. The van der Waals surface area contributed by atoms with Crippen LogP contribution in [-0.4, -0.2) is 38.4 Å². The number of hydrogen-bond acceptors (Lipinski definition) is 3. The highest BCUT2D eigenvalue weighted by Crippen LogP contribution is 2.27. The maximum Gasteiger partial charge on any atom is 0.191 e. The van der Waals surface area contributed by atoms with E-state index < -0.39 is 0 Å². The second kappa shape index (κ2) is 11.8. The quantitative estimate of drug-likeness (QED) is 0.345. The fourth-order valence-corrected chi connectivity index (χ4v) is 2.95. The lowest BCUT2D eigenvalue weighted by molar-refractivity contribution is -0.0390. The number of rotatable bonds is 8. The van der Waals surface area contributed by atoms with E-state index in [1.807, 2.05) is 0 Å². The molecular formula is C20H32IN3O2. The van der Waals surface area contributed by atoms with Crippen molar-refractivity contribution in [2.45, 2.75) is 51.9 Å². The molecule has 1 aliphatic heterocycles. The normalized spacial score (nSPS) is 18.3. The van der Waals surface area contributed by atoms with Gasteiger partial charge >= 0.3 is 0 Å². The van der Waals surface area contributed by atoms with E-state index in [1.54, 1.807) is 0 Å². The summed E-state index contributed by atoms with van der Waals surface area (Å²) >= 11 is 0. The first kappa shape index (κ1) is 21.4. The molecule has 0 radical (unpaired) electrons. The van der Waals surface area contributed by atoms with Crippen LogP contribution in [0.2, 0.25) is 0 Å². The summed E-state index contributed by atoms with van der Waals surface area (Å²) in [5.74, 6) is 1.76. The molecule has 1 aromatic rings. The largest absolute Gasteiger partial charge is 0.381 e. The third kappa shape index (κ3) is 7.80. The Morgan fingerprint density at radius 1 is 1.15 bits per heavy atom. The van der Waals surface area contributed by atoms with Crippen LogP contribution in [0, 0.1) is 5.92 Å². The molecule has 0 atom stereocenters. The Morgan fingerprint density at radius 3 is 2.65 bits per heavy atom. The van der Waals surface area contributed by atoms with Crippen LogP contribution in [0.3, 0.4) is 0 Å². The van der Waals surface area contributed by atoms with Crippen molar-refractivity contribution in [3.8, 4) is 0 Å². The van der Waals surface area contributed by atoms with Gasteiger partial charge in [0.05, 0.1) is 19.3 Å². The van der Waals surface area contributed by atoms with Crippen molar-refractivity contribution in [2.24, 2.45) is 10.9 Å². The Bertz CT molecular complexity index is 558. The highest BCUT2D eigenvalue weighted by Gasteiger charge is 2.21. The maximum absolute atomic E-state index is 6.02. The highest BCUT2D eigenvalue weighted by molar-refractivity contribution is 14.0. The van der Waals surface area contributed by atoms with Crippen molar-refractivity contribution in [1.82, 2.24) is 10.6 Å². The number of nitrogens with zero attached hydrogens (tertiary/aromatic N) is 1. The van der Waals surface area contributed by atoms with Gasteiger partial charge in [0, 0.05) is 26.3 Å². The summed E-state index contributed by atoms with van der Waals surface area (Å²) in [6, 6.07) is 8.56. The number of aliphatic imine (C=N–C) groups is 1. The molecule has 0 spiro atoms. The summed E-state index contributed by atoms with van der Waals surface area (Å²) in [4.78, 5) is 4.71. The van der Waals surface area contributed by atoms with Crippen molar-refractivity contribution >= 4 is 29.9 Å². The summed E-state index contributed by atoms with van der Waals surface area (Å²) in [5.41, 5.74) is 2.44. The third-order valence-corrected chi connectivity index (χ3v) is 4.66. The minimum atomic E-state index is 0. The molecule has 0 aromatic heterocycles. The highest BCUT2D eigenvalue weighted by atomic mass is 127. The minimum absolute atomic E-state index is 0. The van der Waals surface area contributed by atoms with E-state index in [0.717, 1.165) is 51.0 Å². The molecule has 2 fully saturated rings. The molecule has 146 valence electrons. The number of halogens is 1. The Balaban J connectivity index is 0.00000243. The lowest BCUT2D eigenvalue weighted by Gasteiger charge is -2.22. The van der Waals surface area contributed by atoms with Crippen molar-refractivity contribution in [1.29, 1.82) is 0 Å².